The van der Waals surface area contributed by atoms with Crippen molar-refractivity contribution in [2.45, 2.75) is 85.1 Å². The Balaban J connectivity index is 1.48. The normalized spacial score (nSPS) is 14.0. The molecule has 1 aliphatic carbocycles. The molecule has 43 heavy (non-hydrogen) atoms. The van der Waals surface area contributed by atoms with E-state index in [2.05, 4.69) is 37.9 Å². The van der Waals surface area contributed by atoms with E-state index < -0.39 is 17.3 Å². The van der Waals surface area contributed by atoms with E-state index in [9.17, 15) is 9.59 Å². The number of pyridine rings is 1. The second-order valence-electron chi connectivity index (χ2n) is 13.2. The summed E-state index contributed by atoms with van der Waals surface area (Å²) < 4.78 is 16.0. The summed E-state index contributed by atoms with van der Waals surface area (Å²) in [5.74, 6) is 0.432. The number of hydrogen-bond donors (Lipinski definition) is 0. The van der Waals surface area contributed by atoms with Crippen LogP contribution in [0.5, 0.6) is 0 Å². The zero-order valence-electron chi connectivity index (χ0n) is 25.6. The van der Waals surface area contributed by atoms with Gasteiger partial charge in [-0.1, -0.05) is 23.8 Å². The molecule has 1 amide bonds. The largest absolute Gasteiger partial charge is 0.444 e. The zero-order chi connectivity index (χ0) is 30.9. The van der Waals surface area contributed by atoms with Crippen LogP contribution < -0.4 is 0 Å². The number of aromatic nitrogens is 5. The van der Waals surface area contributed by atoms with Gasteiger partial charge >= 0.3 is 12.2 Å². The molecule has 4 aromatic rings. The highest BCUT2D eigenvalue weighted by atomic mass is 127. The van der Waals surface area contributed by atoms with Crippen molar-refractivity contribution in [1.82, 2.24) is 29.4 Å². The number of ether oxygens (including phenoxy) is 2. The van der Waals surface area contributed by atoms with E-state index in [1.807, 2.05) is 78.1 Å². The quantitative estimate of drug-likeness (QED) is 0.187. The summed E-state index contributed by atoms with van der Waals surface area (Å²) in [5, 5.41) is 9.52. The SMILES string of the molecule is CC(C)(C)OC(=O)N(Cc1cc2ccc(Cn3cc(-c4cncc(I)c4)nn3)cc2n1C(=O)OC(C)(C)C)CC1CCC1. The van der Waals surface area contributed by atoms with Crippen molar-refractivity contribution in [3.63, 3.8) is 0 Å². The predicted molar refractivity (Wildman–Crippen MR) is 173 cm³/mol. The fourth-order valence-electron chi connectivity index (χ4n) is 5.00. The maximum Gasteiger partial charge on any atom is 0.419 e. The molecule has 0 saturated heterocycles. The van der Waals surface area contributed by atoms with Crippen molar-refractivity contribution in [1.29, 1.82) is 0 Å². The van der Waals surface area contributed by atoms with Crippen molar-refractivity contribution in [2.24, 2.45) is 5.92 Å². The molecule has 1 aromatic carbocycles. The molecule has 0 spiro atoms. The molecule has 0 atom stereocenters. The van der Waals surface area contributed by atoms with E-state index in [0.29, 0.717) is 30.2 Å². The van der Waals surface area contributed by atoms with Gasteiger partial charge in [-0.15, -0.1) is 5.10 Å². The zero-order valence-corrected chi connectivity index (χ0v) is 27.8. The van der Waals surface area contributed by atoms with Crippen molar-refractivity contribution in [3.8, 4) is 11.3 Å². The van der Waals surface area contributed by atoms with Gasteiger partial charge in [-0.25, -0.2) is 18.8 Å². The number of fused-ring (bicyclic) bond motifs is 1. The number of halogens is 1. The van der Waals surface area contributed by atoms with Crippen molar-refractivity contribution < 1.29 is 19.1 Å². The third-order valence-corrected chi connectivity index (χ3v) is 7.70. The summed E-state index contributed by atoms with van der Waals surface area (Å²) in [6, 6.07) is 9.94. The van der Waals surface area contributed by atoms with E-state index in [1.54, 1.807) is 26.5 Å². The number of carbonyl (C=O) groups excluding carboxylic acids is 2. The molecule has 0 aliphatic heterocycles. The number of benzene rings is 1. The monoisotopic (exact) mass is 698 g/mol. The molecule has 5 rings (SSSR count). The number of rotatable bonds is 7. The van der Waals surface area contributed by atoms with E-state index in [0.717, 1.165) is 38.6 Å². The molecule has 11 heteroatoms. The third-order valence-electron chi connectivity index (χ3n) is 7.11. The Morgan fingerprint density at radius 3 is 2.42 bits per heavy atom. The molecular weight excluding hydrogens is 659 g/mol. The summed E-state index contributed by atoms with van der Waals surface area (Å²) in [6.07, 6.45) is 7.91. The predicted octanol–water partition coefficient (Wildman–Crippen LogP) is 7.27. The van der Waals surface area contributed by atoms with Crippen LogP contribution in [0, 0.1) is 9.49 Å². The van der Waals surface area contributed by atoms with Gasteiger partial charge in [0.1, 0.15) is 16.9 Å². The van der Waals surface area contributed by atoms with Crippen molar-refractivity contribution in [3.05, 3.63) is 63.7 Å². The molecule has 3 heterocycles. The van der Waals surface area contributed by atoms with Crippen LogP contribution in [-0.2, 0) is 22.6 Å². The molecule has 1 fully saturated rings. The minimum atomic E-state index is -0.694. The van der Waals surface area contributed by atoms with E-state index in [1.165, 1.54) is 6.42 Å². The lowest BCUT2D eigenvalue weighted by Gasteiger charge is -2.33. The average molecular weight is 699 g/mol. The maximum atomic E-state index is 13.7. The Morgan fingerprint density at radius 1 is 1.02 bits per heavy atom. The Kier molecular flexibility index (Phi) is 8.82. The van der Waals surface area contributed by atoms with Crippen LogP contribution in [0.25, 0.3) is 22.2 Å². The summed E-state index contributed by atoms with van der Waals surface area (Å²) in [4.78, 5) is 32.9. The third kappa shape index (κ3) is 7.92. The average Bonchev–Trinajstić information content (AvgIpc) is 3.47. The minimum absolute atomic E-state index is 0.227. The highest BCUT2D eigenvalue weighted by Gasteiger charge is 2.30. The second kappa shape index (κ2) is 12.3. The van der Waals surface area contributed by atoms with E-state index in [-0.39, 0.29) is 12.6 Å². The first-order valence-electron chi connectivity index (χ1n) is 14.6. The van der Waals surface area contributed by atoms with Gasteiger partial charge in [-0.2, -0.15) is 0 Å². The molecule has 1 saturated carbocycles. The topological polar surface area (TPSA) is 104 Å². The number of hydrogen-bond acceptors (Lipinski definition) is 7. The highest BCUT2D eigenvalue weighted by Crippen LogP contribution is 2.30. The molecular formula is C32H39IN6O4. The van der Waals surface area contributed by atoms with Crippen LogP contribution in [0.4, 0.5) is 9.59 Å². The molecule has 0 N–H and O–H groups in total. The van der Waals surface area contributed by atoms with Crippen LogP contribution in [-0.4, -0.2) is 59.4 Å². The molecule has 0 bridgehead atoms. The first kappa shape index (κ1) is 31.0. The van der Waals surface area contributed by atoms with Crippen LogP contribution in [0.1, 0.15) is 72.1 Å². The Labute approximate surface area is 265 Å². The van der Waals surface area contributed by atoms with E-state index in [4.69, 9.17) is 9.47 Å². The summed E-state index contributed by atoms with van der Waals surface area (Å²) >= 11 is 2.22. The van der Waals surface area contributed by atoms with Gasteiger partial charge in [-0.3, -0.25) is 4.98 Å². The Hall–Kier alpha value is -3.48. The standard InChI is InChI=1S/C32H39IN6O4/c1-31(2,3)42-29(40)37(17-21-8-7-9-21)19-26-14-23-11-10-22(12-28(23)39(26)30(41)43-32(4,5)6)18-38-20-27(35-36-38)24-13-25(33)16-34-15-24/h10-16,20-21H,7-9,17-19H2,1-6H3. The second-order valence-corrected chi connectivity index (χ2v) is 14.4. The first-order valence-corrected chi connectivity index (χ1v) is 15.7. The smallest absolute Gasteiger partial charge is 0.419 e. The van der Waals surface area contributed by atoms with E-state index >= 15 is 0 Å². The Bertz CT molecular complexity index is 1630. The maximum absolute atomic E-state index is 13.7. The van der Waals surface area contributed by atoms with Gasteiger partial charge < -0.3 is 14.4 Å². The highest BCUT2D eigenvalue weighted by molar-refractivity contribution is 14.1. The van der Waals surface area contributed by atoms with Crippen molar-refractivity contribution >= 4 is 45.7 Å². The van der Waals surface area contributed by atoms with Crippen LogP contribution in [0.3, 0.4) is 0 Å². The molecule has 228 valence electrons. The van der Waals surface area contributed by atoms with Gasteiger partial charge in [0.05, 0.1) is 24.8 Å². The molecule has 3 aromatic heterocycles. The molecule has 10 nitrogen and oxygen atoms in total. The summed E-state index contributed by atoms with van der Waals surface area (Å²) in [5.41, 5.74) is 2.63. The number of carbonyl (C=O) groups is 2. The van der Waals surface area contributed by atoms with Crippen LogP contribution in [0.15, 0.2) is 48.9 Å². The van der Waals surface area contributed by atoms with Crippen LogP contribution in [0.2, 0.25) is 0 Å². The van der Waals surface area contributed by atoms with Gasteiger partial charge in [0.15, 0.2) is 0 Å². The van der Waals surface area contributed by atoms with Crippen LogP contribution >= 0.6 is 22.6 Å². The van der Waals surface area contributed by atoms with Crippen molar-refractivity contribution in [2.75, 3.05) is 6.54 Å². The molecule has 0 radical (unpaired) electrons. The fourth-order valence-corrected chi connectivity index (χ4v) is 5.50. The molecule has 0 unspecified atom stereocenters. The first-order chi connectivity index (χ1) is 20.2. The van der Waals surface area contributed by atoms with Gasteiger partial charge in [-0.05, 0) is 107 Å². The number of amides is 1. The Morgan fingerprint density at radius 2 is 1.77 bits per heavy atom. The van der Waals surface area contributed by atoms with Gasteiger partial charge in [0.2, 0.25) is 0 Å². The lowest BCUT2D eigenvalue weighted by molar-refractivity contribution is 0.0163. The fraction of sp³-hybridized carbons (Fsp3) is 0.469. The lowest BCUT2D eigenvalue weighted by atomic mass is 9.85. The van der Waals surface area contributed by atoms with Gasteiger partial charge in [0, 0.05) is 39.2 Å². The number of nitrogens with zero attached hydrogens (tertiary/aromatic N) is 6. The lowest BCUT2D eigenvalue weighted by Crippen LogP contribution is -2.41. The molecule has 1 aliphatic rings. The summed E-state index contributed by atoms with van der Waals surface area (Å²) in [7, 11) is 0. The summed E-state index contributed by atoms with van der Waals surface area (Å²) in [6.45, 7) is 12.4. The van der Waals surface area contributed by atoms with Gasteiger partial charge in [0.25, 0.3) is 0 Å². The minimum Gasteiger partial charge on any atom is -0.444 e.